The van der Waals surface area contributed by atoms with Crippen LogP contribution in [0.4, 0.5) is 10.1 Å². The first kappa shape index (κ1) is 19.7. The lowest BCUT2D eigenvalue weighted by molar-refractivity contribution is 0.604. The molecule has 140 valence electrons. The van der Waals surface area contributed by atoms with Crippen LogP contribution in [-0.2, 0) is 23.1 Å². The molecule has 3 N–H and O–H groups in total. The first-order valence-corrected chi connectivity index (χ1v) is 10.1. The van der Waals surface area contributed by atoms with Crippen LogP contribution < -0.4 is 15.4 Å². The van der Waals surface area contributed by atoms with E-state index >= 15 is 0 Å². The first-order valence-electron chi connectivity index (χ1n) is 8.20. The molecule has 0 aliphatic rings. The Bertz CT molecular complexity index is 869. The van der Waals surface area contributed by atoms with Gasteiger partial charge in [0.1, 0.15) is 5.82 Å². The number of nitrogens with one attached hydrogen (secondary N) is 3. The van der Waals surface area contributed by atoms with Gasteiger partial charge in [-0.3, -0.25) is 4.72 Å². The summed E-state index contributed by atoms with van der Waals surface area (Å²) in [7, 11) is -3.37. The SMILES string of the molecule is CCNC(=NCc1ccccc1NS(C)(=O)=O)NCc1ccccc1F. The van der Waals surface area contributed by atoms with Crippen molar-refractivity contribution in [2.75, 3.05) is 17.5 Å². The quantitative estimate of drug-likeness (QED) is 0.511. The standard InChI is InChI=1S/C18H23FN4O2S/c1-3-20-18(21-12-14-8-4-6-10-16(14)19)22-13-15-9-5-7-11-17(15)23-26(2,24)25/h4-11,23H,3,12-13H2,1-2H3,(H2,20,21,22). The van der Waals surface area contributed by atoms with E-state index in [9.17, 15) is 12.8 Å². The second-order valence-electron chi connectivity index (χ2n) is 5.67. The molecule has 0 spiro atoms. The number of nitrogens with zero attached hydrogens (tertiary/aromatic N) is 1. The van der Waals surface area contributed by atoms with E-state index in [1.165, 1.54) is 6.07 Å². The Hall–Kier alpha value is -2.61. The molecule has 0 bridgehead atoms. The molecule has 0 aliphatic heterocycles. The summed E-state index contributed by atoms with van der Waals surface area (Å²) in [5.41, 5.74) is 1.77. The van der Waals surface area contributed by atoms with Crippen molar-refractivity contribution in [2.45, 2.75) is 20.0 Å². The lowest BCUT2D eigenvalue weighted by Gasteiger charge is -2.13. The zero-order valence-electron chi connectivity index (χ0n) is 14.8. The van der Waals surface area contributed by atoms with Crippen molar-refractivity contribution in [2.24, 2.45) is 4.99 Å². The van der Waals surface area contributed by atoms with Crippen LogP contribution >= 0.6 is 0 Å². The molecule has 0 radical (unpaired) electrons. The van der Waals surface area contributed by atoms with E-state index in [0.29, 0.717) is 30.3 Å². The van der Waals surface area contributed by atoms with Gasteiger partial charge in [0.25, 0.3) is 0 Å². The first-order chi connectivity index (χ1) is 12.4. The van der Waals surface area contributed by atoms with Gasteiger partial charge in [-0.2, -0.15) is 0 Å². The molecule has 0 atom stereocenters. The Morgan fingerprint density at radius 3 is 2.35 bits per heavy atom. The summed E-state index contributed by atoms with van der Waals surface area (Å²) in [4.78, 5) is 4.46. The summed E-state index contributed by atoms with van der Waals surface area (Å²) >= 11 is 0. The van der Waals surface area contributed by atoms with Crippen LogP contribution in [0.25, 0.3) is 0 Å². The van der Waals surface area contributed by atoms with Crippen molar-refractivity contribution >= 4 is 21.7 Å². The van der Waals surface area contributed by atoms with Gasteiger partial charge in [0, 0.05) is 18.7 Å². The maximum absolute atomic E-state index is 13.7. The van der Waals surface area contributed by atoms with Gasteiger partial charge in [-0.25, -0.2) is 17.8 Å². The number of para-hydroxylation sites is 1. The van der Waals surface area contributed by atoms with Crippen molar-refractivity contribution < 1.29 is 12.8 Å². The Morgan fingerprint density at radius 1 is 1.04 bits per heavy atom. The fourth-order valence-corrected chi connectivity index (χ4v) is 2.88. The highest BCUT2D eigenvalue weighted by Gasteiger charge is 2.07. The van der Waals surface area contributed by atoms with E-state index in [0.717, 1.165) is 11.8 Å². The average Bonchev–Trinajstić information content (AvgIpc) is 2.58. The van der Waals surface area contributed by atoms with Crippen LogP contribution in [0, 0.1) is 5.82 Å². The van der Waals surface area contributed by atoms with Crippen molar-refractivity contribution in [3.8, 4) is 0 Å². The van der Waals surface area contributed by atoms with Gasteiger partial charge >= 0.3 is 0 Å². The number of guanidine groups is 1. The molecule has 0 amide bonds. The monoisotopic (exact) mass is 378 g/mol. The number of rotatable bonds is 7. The Labute approximate surface area is 153 Å². The topological polar surface area (TPSA) is 82.6 Å². The number of benzene rings is 2. The molecule has 8 heteroatoms. The molecule has 2 aromatic carbocycles. The van der Waals surface area contributed by atoms with Crippen LogP contribution in [0.15, 0.2) is 53.5 Å². The highest BCUT2D eigenvalue weighted by Crippen LogP contribution is 2.17. The summed E-state index contributed by atoms with van der Waals surface area (Å²) in [6, 6.07) is 13.6. The van der Waals surface area contributed by atoms with Gasteiger partial charge in [-0.05, 0) is 24.6 Å². The maximum Gasteiger partial charge on any atom is 0.229 e. The summed E-state index contributed by atoms with van der Waals surface area (Å²) in [5.74, 6) is 0.239. The van der Waals surface area contributed by atoms with Gasteiger partial charge in [0.2, 0.25) is 10.0 Å². The smallest absolute Gasteiger partial charge is 0.229 e. The molecule has 0 saturated heterocycles. The van der Waals surface area contributed by atoms with Crippen LogP contribution in [0.1, 0.15) is 18.1 Å². The number of hydrogen-bond donors (Lipinski definition) is 3. The molecule has 0 fully saturated rings. The summed E-state index contributed by atoms with van der Waals surface area (Å²) in [6.07, 6.45) is 1.10. The predicted molar refractivity (Wildman–Crippen MR) is 103 cm³/mol. The van der Waals surface area contributed by atoms with Gasteiger partial charge < -0.3 is 10.6 Å². The third-order valence-corrected chi connectivity index (χ3v) is 4.06. The predicted octanol–water partition coefficient (Wildman–Crippen LogP) is 2.45. The lowest BCUT2D eigenvalue weighted by atomic mass is 10.2. The summed E-state index contributed by atoms with van der Waals surface area (Å²) < 4.78 is 39.2. The zero-order chi connectivity index (χ0) is 19.0. The van der Waals surface area contributed by atoms with Crippen molar-refractivity contribution in [1.29, 1.82) is 0 Å². The minimum Gasteiger partial charge on any atom is -0.357 e. The number of halogens is 1. The molecule has 0 unspecified atom stereocenters. The van der Waals surface area contributed by atoms with Crippen LogP contribution in [0.3, 0.4) is 0 Å². The van der Waals surface area contributed by atoms with E-state index in [4.69, 9.17) is 0 Å². The Morgan fingerprint density at radius 2 is 1.69 bits per heavy atom. The largest absolute Gasteiger partial charge is 0.357 e. The number of sulfonamides is 1. The molecule has 0 aliphatic carbocycles. The fraction of sp³-hybridized carbons (Fsp3) is 0.278. The Balaban J connectivity index is 2.11. The lowest BCUT2D eigenvalue weighted by Crippen LogP contribution is -2.37. The molecular weight excluding hydrogens is 355 g/mol. The van der Waals surface area contributed by atoms with Gasteiger partial charge in [-0.1, -0.05) is 36.4 Å². The van der Waals surface area contributed by atoms with Gasteiger partial charge in [-0.15, -0.1) is 0 Å². The Kier molecular flexibility index (Phi) is 6.97. The summed E-state index contributed by atoms with van der Waals surface area (Å²) in [6.45, 7) is 3.14. The van der Waals surface area contributed by atoms with E-state index in [2.05, 4.69) is 20.3 Å². The molecule has 6 nitrogen and oxygen atoms in total. The molecule has 2 aromatic rings. The molecule has 0 saturated carbocycles. The molecule has 0 heterocycles. The number of hydrogen-bond acceptors (Lipinski definition) is 3. The minimum atomic E-state index is -3.37. The third kappa shape index (κ3) is 6.36. The molecular formula is C18H23FN4O2S. The highest BCUT2D eigenvalue weighted by atomic mass is 32.2. The molecule has 26 heavy (non-hydrogen) atoms. The van der Waals surface area contributed by atoms with Crippen LogP contribution in [-0.4, -0.2) is 27.2 Å². The zero-order valence-corrected chi connectivity index (χ0v) is 15.6. The van der Waals surface area contributed by atoms with Crippen LogP contribution in [0.5, 0.6) is 0 Å². The van der Waals surface area contributed by atoms with Crippen molar-refractivity contribution in [3.05, 3.63) is 65.5 Å². The van der Waals surface area contributed by atoms with E-state index in [-0.39, 0.29) is 12.4 Å². The van der Waals surface area contributed by atoms with Crippen molar-refractivity contribution in [3.63, 3.8) is 0 Å². The second-order valence-corrected chi connectivity index (χ2v) is 7.42. The van der Waals surface area contributed by atoms with Crippen LogP contribution in [0.2, 0.25) is 0 Å². The fourth-order valence-electron chi connectivity index (χ4n) is 2.28. The number of aliphatic imine (C=N–C) groups is 1. The normalized spacial score (nSPS) is 11.9. The summed E-state index contributed by atoms with van der Waals surface area (Å²) in [5, 5.41) is 6.16. The van der Waals surface area contributed by atoms with Gasteiger partial charge in [0.05, 0.1) is 18.5 Å². The average molecular weight is 378 g/mol. The second kappa shape index (κ2) is 9.19. The minimum absolute atomic E-state index is 0.269. The number of anilines is 1. The van der Waals surface area contributed by atoms with E-state index in [1.54, 1.807) is 36.4 Å². The molecule has 2 rings (SSSR count). The third-order valence-electron chi connectivity index (χ3n) is 3.47. The van der Waals surface area contributed by atoms with E-state index in [1.807, 2.05) is 13.0 Å². The molecule has 0 aromatic heterocycles. The van der Waals surface area contributed by atoms with Crippen molar-refractivity contribution in [1.82, 2.24) is 10.6 Å². The maximum atomic E-state index is 13.7. The highest BCUT2D eigenvalue weighted by molar-refractivity contribution is 7.92. The van der Waals surface area contributed by atoms with Gasteiger partial charge in [0.15, 0.2) is 5.96 Å². The van der Waals surface area contributed by atoms with E-state index < -0.39 is 10.0 Å².